The number of esters is 1. The zero-order valence-corrected chi connectivity index (χ0v) is 10.8. The van der Waals surface area contributed by atoms with Gasteiger partial charge in [-0.15, -0.1) is 0 Å². The molecule has 0 saturated carbocycles. The summed E-state index contributed by atoms with van der Waals surface area (Å²) in [5.41, 5.74) is -1.52. The van der Waals surface area contributed by atoms with Crippen LogP contribution in [0.1, 0.15) is 24.2 Å². The molecule has 0 heterocycles. The van der Waals surface area contributed by atoms with Crippen LogP contribution in [-0.2, 0) is 9.47 Å². The number of amides is 1. The molecule has 1 rings (SSSR count). The highest BCUT2D eigenvalue weighted by Crippen LogP contribution is 2.32. The molecule has 2 N–H and O–H groups in total. The molecule has 110 valence electrons. The van der Waals surface area contributed by atoms with Gasteiger partial charge in [0.2, 0.25) is 0 Å². The second-order valence-electron chi connectivity index (χ2n) is 3.50. The molecule has 1 aromatic carbocycles. The Morgan fingerprint density at radius 2 is 1.80 bits per heavy atom. The smallest absolute Gasteiger partial charge is 0.411 e. The van der Waals surface area contributed by atoms with Crippen LogP contribution in [0.25, 0.3) is 0 Å². The maximum absolute atomic E-state index is 13.7. The van der Waals surface area contributed by atoms with Crippen molar-refractivity contribution in [3.05, 3.63) is 23.3 Å². The highest BCUT2D eigenvalue weighted by molar-refractivity contribution is 6.02. The first kappa shape index (κ1) is 15.7. The number of hydrogen-bond acceptors (Lipinski definition) is 5. The highest BCUT2D eigenvalue weighted by Gasteiger charge is 2.26. The molecular formula is C12H13F2NO5. The first-order valence-corrected chi connectivity index (χ1v) is 5.74. The van der Waals surface area contributed by atoms with Crippen LogP contribution < -0.4 is 5.32 Å². The van der Waals surface area contributed by atoms with Gasteiger partial charge in [0.25, 0.3) is 0 Å². The van der Waals surface area contributed by atoms with Gasteiger partial charge in [0, 0.05) is 6.07 Å². The Kier molecular flexibility index (Phi) is 5.24. The van der Waals surface area contributed by atoms with Crippen molar-refractivity contribution >= 4 is 17.7 Å². The lowest BCUT2D eigenvalue weighted by Crippen LogP contribution is -2.18. The van der Waals surface area contributed by atoms with E-state index >= 15 is 0 Å². The molecule has 1 aromatic rings. The standard InChI is InChI=1S/C12H13F2NO5/c1-3-19-11(17)8-9(15-12(18)20-4-2)6(13)5-7(14)10(8)16/h5,16H,3-4H2,1-2H3,(H,15,18). The second-order valence-corrected chi connectivity index (χ2v) is 3.50. The van der Waals surface area contributed by atoms with E-state index in [0.29, 0.717) is 6.07 Å². The fourth-order valence-corrected chi connectivity index (χ4v) is 1.40. The minimum Gasteiger partial charge on any atom is -0.504 e. The third kappa shape index (κ3) is 3.34. The summed E-state index contributed by atoms with van der Waals surface area (Å²) in [6.45, 7) is 2.93. The molecule has 0 aliphatic heterocycles. The van der Waals surface area contributed by atoms with E-state index in [0.717, 1.165) is 0 Å². The average Bonchev–Trinajstić information content (AvgIpc) is 2.36. The van der Waals surface area contributed by atoms with Crippen molar-refractivity contribution in [3.8, 4) is 5.75 Å². The predicted octanol–water partition coefficient (Wildman–Crippen LogP) is 2.42. The number of carbonyl (C=O) groups is 2. The van der Waals surface area contributed by atoms with Gasteiger partial charge in [0.15, 0.2) is 17.4 Å². The normalized spacial score (nSPS) is 10.0. The molecule has 0 radical (unpaired) electrons. The lowest BCUT2D eigenvalue weighted by molar-refractivity contribution is 0.0523. The molecule has 0 saturated heterocycles. The molecular weight excluding hydrogens is 276 g/mol. The SMILES string of the molecule is CCOC(=O)Nc1c(F)cc(F)c(O)c1C(=O)OCC. The molecule has 0 fully saturated rings. The van der Waals surface area contributed by atoms with Gasteiger partial charge in [-0.3, -0.25) is 5.32 Å². The van der Waals surface area contributed by atoms with Gasteiger partial charge < -0.3 is 14.6 Å². The van der Waals surface area contributed by atoms with Gasteiger partial charge in [-0.1, -0.05) is 0 Å². The number of hydrogen-bond donors (Lipinski definition) is 2. The summed E-state index contributed by atoms with van der Waals surface area (Å²) in [7, 11) is 0. The van der Waals surface area contributed by atoms with E-state index in [1.54, 1.807) is 0 Å². The monoisotopic (exact) mass is 289 g/mol. The van der Waals surface area contributed by atoms with Gasteiger partial charge >= 0.3 is 12.1 Å². The maximum Gasteiger partial charge on any atom is 0.411 e. The van der Waals surface area contributed by atoms with Crippen LogP contribution in [-0.4, -0.2) is 30.4 Å². The average molecular weight is 289 g/mol. The van der Waals surface area contributed by atoms with Crippen molar-refractivity contribution in [1.82, 2.24) is 0 Å². The van der Waals surface area contributed by atoms with Crippen LogP contribution in [0.2, 0.25) is 0 Å². The van der Waals surface area contributed by atoms with Gasteiger partial charge in [0.05, 0.1) is 18.9 Å². The van der Waals surface area contributed by atoms with E-state index in [-0.39, 0.29) is 13.2 Å². The molecule has 20 heavy (non-hydrogen) atoms. The number of phenolic OH excluding ortho intramolecular Hbond substituents is 1. The number of benzene rings is 1. The molecule has 8 heteroatoms. The molecule has 0 aromatic heterocycles. The fourth-order valence-electron chi connectivity index (χ4n) is 1.40. The van der Waals surface area contributed by atoms with Crippen molar-refractivity contribution in [1.29, 1.82) is 0 Å². The minimum atomic E-state index is -1.35. The quantitative estimate of drug-likeness (QED) is 0.831. The van der Waals surface area contributed by atoms with Gasteiger partial charge in [-0.25, -0.2) is 18.4 Å². The van der Waals surface area contributed by atoms with E-state index < -0.39 is 40.7 Å². The van der Waals surface area contributed by atoms with Gasteiger partial charge in [-0.05, 0) is 13.8 Å². The zero-order valence-electron chi connectivity index (χ0n) is 10.8. The second kappa shape index (κ2) is 6.69. The molecule has 0 aliphatic rings. The Morgan fingerprint density at radius 1 is 1.20 bits per heavy atom. The largest absolute Gasteiger partial charge is 0.504 e. The van der Waals surface area contributed by atoms with Crippen LogP contribution in [0.4, 0.5) is 19.3 Å². The van der Waals surface area contributed by atoms with Crippen molar-refractivity contribution < 1.29 is 33.0 Å². The Hall–Kier alpha value is -2.38. The zero-order chi connectivity index (χ0) is 15.3. The summed E-state index contributed by atoms with van der Waals surface area (Å²) in [4.78, 5) is 22.9. The van der Waals surface area contributed by atoms with E-state index in [4.69, 9.17) is 0 Å². The van der Waals surface area contributed by atoms with Crippen molar-refractivity contribution in [2.45, 2.75) is 13.8 Å². The van der Waals surface area contributed by atoms with Crippen LogP contribution in [0.15, 0.2) is 6.07 Å². The van der Waals surface area contributed by atoms with Crippen molar-refractivity contribution in [2.24, 2.45) is 0 Å². The topological polar surface area (TPSA) is 84.9 Å². The Labute approximate surface area is 113 Å². The molecule has 0 bridgehead atoms. The van der Waals surface area contributed by atoms with E-state index in [2.05, 4.69) is 9.47 Å². The Bertz CT molecular complexity index is 533. The number of ether oxygens (including phenoxy) is 2. The maximum atomic E-state index is 13.7. The fraction of sp³-hybridized carbons (Fsp3) is 0.333. The molecule has 0 spiro atoms. The minimum absolute atomic E-state index is 0.00929. The van der Waals surface area contributed by atoms with Crippen molar-refractivity contribution in [3.63, 3.8) is 0 Å². The molecule has 6 nitrogen and oxygen atoms in total. The summed E-state index contributed by atoms with van der Waals surface area (Å²) in [6.07, 6.45) is -1.05. The lowest BCUT2D eigenvalue weighted by atomic mass is 10.1. The molecule has 0 atom stereocenters. The summed E-state index contributed by atoms with van der Waals surface area (Å²) < 4.78 is 36.0. The van der Waals surface area contributed by atoms with Crippen LogP contribution in [0.3, 0.4) is 0 Å². The molecule has 0 unspecified atom stereocenters. The van der Waals surface area contributed by atoms with E-state index in [1.807, 2.05) is 5.32 Å². The summed E-state index contributed by atoms with van der Waals surface area (Å²) in [5.74, 6) is -4.87. The summed E-state index contributed by atoms with van der Waals surface area (Å²) in [6, 6.07) is 0.333. The van der Waals surface area contributed by atoms with Crippen LogP contribution in [0.5, 0.6) is 5.75 Å². The number of halogens is 2. The number of phenols is 1. The Morgan fingerprint density at radius 3 is 2.35 bits per heavy atom. The number of nitrogens with one attached hydrogen (secondary N) is 1. The lowest BCUT2D eigenvalue weighted by Gasteiger charge is -2.13. The highest BCUT2D eigenvalue weighted by atomic mass is 19.1. The summed E-state index contributed by atoms with van der Waals surface area (Å²) in [5, 5.41) is 11.4. The first-order chi connectivity index (χ1) is 9.42. The first-order valence-electron chi connectivity index (χ1n) is 5.74. The third-order valence-electron chi connectivity index (χ3n) is 2.19. The third-order valence-corrected chi connectivity index (χ3v) is 2.19. The Balaban J connectivity index is 3.29. The van der Waals surface area contributed by atoms with Gasteiger partial charge in [-0.2, -0.15) is 0 Å². The van der Waals surface area contributed by atoms with Crippen LogP contribution in [0, 0.1) is 11.6 Å². The molecule has 1 amide bonds. The van der Waals surface area contributed by atoms with Crippen molar-refractivity contribution in [2.75, 3.05) is 18.5 Å². The van der Waals surface area contributed by atoms with Gasteiger partial charge in [0.1, 0.15) is 5.56 Å². The predicted molar refractivity (Wildman–Crippen MR) is 64.6 cm³/mol. The summed E-state index contributed by atoms with van der Waals surface area (Å²) >= 11 is 0. The molecule has 0 aliphatic carbocycles. The van der Waals surface area contributed by atoms with Crippen LogP contribution >= 0.6 is 0 Å². The van der Waals surface area contributed by atoms with E-state index in [1.165, 1.54) is 13.8 Å². The number of aromatic hydroxyl groups is 1. The van der Waals surface area contributed by atoms with E-state index in [9.17, 15) is 23.5 Å². The number of anilines is 1. The number of carbonyl (C=O) groups excluding carboxylic acids is 2. The number of rotatable bonds is 4.